The normalized spacial score (nSPS) is 10.4. The van der Waals surface area contributed by atoms with Crippen LogP contribution in [0.4, 0.5) is 5.69 Å². The number of nitro benzene ring substituents is 1. The van der Waals surface area contributed by atoms with Crippen molar-refractivity contribution >= 4 is 35.0 Å². The Morgan fingerprint density at radius 1 is 1.27 bits per heavy atom. The van der Waals surface area contributed by atoms with Crippen LogP contribution in [0.3, 0.4) is 0 Å². The SMILES string of the molecule is Cc1ccc(OCCNC(=O)CSCc2ccc([N+](=O)[O-])cc2)cc1Cl. The van der Waals surface area contributed by atoms with Gasteiger partial charge in [0.05, 0.1) is 17.2 Å². The summed E-state index contributed by atoms with van der Waals surface area (Å²) >= 11 is 7.47. The van der Waals surface area contributed by atoms with Crippen LogP contribution in [0.5, 0.6) is 5.75 Å². The molecule has 0 spiro atoms. The molecule has 0 radical (unpaired) electrons. The van der Waals surface area contributed by atoms with Gasteiger partial charge in [0.15, 0.2) is 0 Å². The standard InChI is InChI=1S/C18H19ClN2O4S/c1-13-2-7-16(10-17(13)19)25-9-8-20-18(22)12-26-11-14-3-5-15(6-4-14)21(23)24/h2-7,10H,8-9,11-12H2,1H3,(H,20,22). The van der Waals surface area contributed by atoms with E-state index in [0.29, 0.717) is 35.4 Å². The number of nitrogens with one attached hydrogen (secondary N) is 1. The molecular formula is C18H19ClN2O4S. The van der Waals surface area contributed by atoms with E-state index in [1.165, 1.54) is 23.9 Å². The van der Waals surface area contributed by atoms with Crippen molar-refractivity contribution in [3.05, 3.63) is 68.7 Å². The lowest BCUT2D eigenvalue weighted by molar-refractivity contribution is -0.384. The lowest BCUT2D eigenvalue weighted by Gasteiger charge is -2.09. The third-order valence-electron chi connectivity index (χ3n) is 3.49. The van der Waals surface area contributed by atoms with Crippen LogP contribution in [0.15, 0.2) is 42.5 Å². The maximum Gasteiger partial charge on any atom is 0.269 e. The maximum atomic E-state index is 11.8. The number of nitro groups is 1. The zero-order valence-corrected chi connectivity index (χ0v) is 15.8. The molecule has 0 aromatic heterocycles. The molecule has 0 bridgehead atoms. The Morgan fingerprint density at radius 3 is 2.65 bits per heavy atom. The first kappa shape index (κ1) is 20.1. The van der Waals surface area contributed by atoms with Crippen molar-refractivity contribution in [3.63, 3.8) is 0 Å². The van der Waals surface area contributed by atoms with Gasteiger partial charge in [-0.25, -0.2) is 0 Å². The van der Waals surface area contributed by atoms with Gasteiger partial charge in [0, 0.05) is 22.9 Å². The number of hydrogen-bond acceptors (Lipinski definition) is 5. The third-order valence-corrected chi connectivity index (χ3v) is 4.90. The fourth-order valence-corrected chi connectivity index (χ4v) is 3.04. The maximum absolute atomic E-state index is 11.8. The van der Waals surface area contributed by atoms with Gasteiger partial charge in [0.25, 0.3) is 5.69 Å². The molecule has 6 nitrogen and oxygen atoms in total. The van der Waals surface area contributed by atoms with Crippen molar-refractivity contribution in [1.82, 2.24) is 5.32 Å². The lowest BCUT2D eigenvalue weighted by atomic mass is 10.2. The Hall–Kier alpha value is -2.25. The average Bonchev–Trinajstić information content (AvgIpc) is 2.62. The molecule has 0 aliphatic rings. The van der Waals surface area contributed by atoms with Crippen LogP contribution >= 0.6 is 23.4 Å². The van der Waals surface area contributed by atoms with Crippen molar-refractivity contribution in [2.45, 2.75) is 12.7 Å². The van der Waals surface area contributed by atoms with E-state index in [-0.39, 0.29) is 11.6 Å². The van der Waals surface area contributed by atoms with Crippen LogP contribution in [0, 0.1) is 17.0 Å². The lowest BCUT2D eigenvalue weighted by Crippen LogP contribution is -2.29. The van der Waals surface area contributed by atoms with Crippen molar-refractivity contribution in [3.8, 4) is 5.75 Å². The van der Waals surface area contributed by atoms with Crippen LogP contribution in [0.2, 0.25) is 5.02 Å². The highest BCUT2D eigenvalue weighted by Gasteiger charge is 2.06. The molecule has 1 amide bonds. The molecule has 0 aliphatic carbocycles. The van der Waals surface area contributed by atoms with E-state index in [1.54, 1.807) is 18.2 Å². The second-order valence-corrected chi connectivity index (χ2v) is 6.92. The molecule has 2 rings (SSSR count). The number of nitrogens with zero attached hydrogens (tertiary/aromatic N) is 1. The summed E-state index contributed by atoms with van der Waals surface area (Å²) in [5.74, 6) is 1.52. The van der Waals surface area contributed by atoms with Gasteiger partial charge in [0.2, 0.25) is 5.91 Å². The monoisotopic (exact) mass is 394 g/mol. The van der Waals surface area contributed by atoms with Crippen LogP contribution in [0.25, 0.3) is 0 Å². The number of rotatable bonds is 9. The topological polar surface area (TPSA) is 81.5 Å². The Balaban J connectivity index is 1.61. The number of benzene rings is 2. The number of carbonyl (C=O) groups excluding carboxylic acids is 1. The number of carbonyl (C=O) groups is 1. The number of aryl methyl sites for hydroxylation is 1. The zero-order valence-electron chi connectivity index (χ0n) is 14.2. The summed E-state index contributed by atoms with van der Waals surface area (Å²) in [6.07, 6.45) is 0. The van der Waals surface area contributed by atoms with Gasteiger partial charge in [-0.1, -0.05) is 29.8 Å². The summed E-state index contributed by atoms with van der Waals surface area (Å²) in [5.41, 5.74) is 1.98. The van der Waals surface area contributed by atoms with Gasteiger partial charge in [-0.15, -0.1) is 11.8 Å². The second-order valence-electron chi connectivity index (χ2n) is 5.53. The Kier molecular flexibility index (Phi) is 7.74. The predicted molar refractivity (Wildman–Crippen MR) is 104 cm³/mol. The van der Waals surface area contributed by atoms with Crippen molar-refractivity contribution in [2.75, 3.05) is 18.9 Å². The predicted octanol–water partition coefficient (Wildman–Crippen LogP) is 3.99. The van der Waals surface area contributed by atoms with E-state index in [2.05, 4.69) is 5.32 Å². The van der Waals surface area contributed by atoms with E-state index in [9.17, 15) is 14.9 Å². The van der Waals surface area contributed by atoms with E-state index < -0.39 is 4.92 Å². The highest BCUT2D eigenvalue weighted by molar-refractivity contribution is 7.99. The fourth-order valence-electron chi connectivity index (χ4n) is 2.05. The summed E-state index contributed by atoms with van der Waals surface area (Å²) in [4.78, 5) is 21.9. The number of non-ortho nitro benzene ring substituents is 1. The summed E-state index contributed by atoms with van der Waals surface area (Å²) in [6, 6.07) is 11.8. The van der Waals surface area contributed by atoms with Gasteiger partial charge >= 0.3 is 0 Å². The highest BCUT2D eigenvalue weighted by Crippen LogP contribution is 2.21. The zero-order chi connectivity index (χ0) is 18.9. The molecule has 0 aliphatic heterocycles. The van der Waals surface area contributed by atoms with Crippen molar-refractivity contribution in [1.29, 1.82) is 0 Å². The Bertz CT molecular complexity index is 768. The first-order valence-corrected chi connectivity index (χ1v) is 9.45. The van der Waals surface area contributed by atoms with Gasteiger partial charge in [0.1, 0.15) is 12.4 Å². The molecule has 26 heavy (non-hydrogen) atoms. The summed E-state index contributed by atoms with van der Waals surface area (Å²) in [5, 5.41) is 14.0. The second kappa shape index (κ2) is 10.0. The molecule has 0 saturated heterocycles. The first-order valence-electron chi connectivity index (χ1n) is 7.92. The summed E-state index contributed by atoms with van der Waals surface area (Å²) in [6.45, 7) is 2.68. The molecule has 0 heterocycles. The Labute approximate surface area is 161 Å². The van der Waals surface area contributed by atoms with Gasteiger partial charge in [-0.05, 0) is 30.2 Å². The first-order chi connectivity index (χ1) is 12.5. The summed E-state index contributed by atoms with van der Waals surface area (Å²) < 4.78 is 5.54. The smallest absolute Gasteiger partial charge is 0.269 e. The minimum Gasteiger partial charge on any atom is -0.492 e. The fraction of sp³-hybridized carbons (Fsp3) is 0.278. The van der Waals surface area contributed by atoms with Crippen molar-refractivity contribution in [2.24, 2.45) is 0 Å². The molecule has 0 atom stereocenters. The van der Waals surface area contributed by atoms with Gasteiger partial charge in [-0.2, -0.15) is 0 Å². The number of thioether (sulfide) groups is 1. The largest absolute Gasteiger partial charge is 0.492 e. The van der Waals surface area contributed by atoms with Crippen LogP contribution in [0.1, 0.15) is 11.1 Å². The van der Waals surface area contributed by atoms with E-state index >= 15 is 0 Å². The molecule has 0 saturated carbocycles. The molecule has 1 N–H and O–H groups in total. The molecular weight excluding hydrogens is 376 g/mol. The Morgan fingerprint density at radius 2 is 2.00 bits per heavy atom. The van der Waals surface area contributed by atoms with Crippen LogP contribution in [-0.4, -0.2) is 29.7 Å². The van der Waals surface area contributed by atoms with Crippen molar-refractivity contribution < 1.29 is 14.5 Å². The van der Waals surface area contributed by atoms with Crippen LogP contribution < -0.4 is 10.1 Å². The molecule has 138 valence electrons. The highest BCUT2D eigenvalue weighted by atomic mass is 35.5. The molecule has 8 heteroatoms. The van der Waals surface area contributed by atoms with Gasteiger partial charge < -0.3 is 10.1 Å². The number of halogens is 1. The average molecular weight is 395 g/mol. The minimum atomic E-state index is -0.434. The third kappa shape index (κ3) is 6.57. The molecule has 0 unspecified atom stereocenters. The molecule has 0 fully saturated rings. The summed E-state index contributed by atoms with van der Waals surface area (Å²) in [7, 11) is 0. The number of ether oxygens (including phenoxy) is 1. The number of hydrogen-bond donors (Lipinski definition) is 1. The van der Waals surface area contributed by atoms with Gasteiger partial charge in [-0.3, -0.25) is 14.9 Å². The molecule has 2 aromatic rings. The van der Waals surface area contributed by atoms with E-state index in [0.717, 1.165) is 11.1 Å². The van der Waals surface area contributed by atoms with Crippen LogP contribution in [-0.2, 0) is 10.5 Å². The molecule has 2 aromatic carbocycles. The number of amides is 1. The van der Waals surface area contributed by atoms with E-state index in [1.807, 2.05) is 19.1 Å². The quantitative estimate of drug-likeness (QED) is 0.395. The minimum absolute atomic E-state index is 0.0614. The van der Waals surface area contributed by atoms with E-state index in [4.69, 9.17) is 16.3 Å².